The Balaban J connectivity index is 1.53. The molecule has 30 heavy (non-hydrogen) atoms. The SMILES string of the molecule is O=C(NCc1ccc(N=NC2=CCOC=C2)cc1)Nc1ccc(Cl)c(C(F)(F)F)c1. The van der Waals surface area contributed by atoms with Crippen LogP contribution >= 0.6 is 11.6 Å². The largest absolute Gasteiger partial charge is 0.497 e. The van der Waals surface area contributed by atoms with Gasteiger partial charge >= 0.3 is 12.2 Å². The average molecular weight is 437 g/mol. The zero-order chi connectivity index (χ0) is 21.6. The van der Waals surface area contributed by atoms with E-state index in [1.54, 1.807) is 42.7 Å². The maximum absolute atomic E-state index is 12.9. The van der Waals surface area contributed by atoms with Gasteiger partial charge in [0, 0.05) is 12.2 Å². The van der Waals surface area contributed by atoms with Crippen molar-refractivity contribution in [2.45, 2.75) is 12.7 Å². The van der Waals surface area contributed by atoms with Gasteiger partial charge in [-0.15, -0.1) is 0 Å². The Hall–Kier alpha value is -3.33. The minimum atomic E-state index is -4.61. The van der Waals surface area contributed by atoms with Crippen LogP contribution in [0.15, 0.2) is 76.8 Å². The summed E-state index contributed by atoms with van der Waals surface area (Å²) in [5.41, 5.74) is 1.07. The Morgan fingerprint density at radius 1 is 1.13 bits per heavy atom. The number of nitrogens with one attached hydrogen (secondary N) is 2. The van der Waals surface area contributed by atoms with Gasteiger partial charge in [0.25, 0.3) is 0 Å². The molecule has 0 unspecified atom stereocenters. The lowest BCUT2D eigenvalue weighted by atomic mass is 10.2. The van der Waals surface area contributed by atoms with Gasteiger partial charge in [0.2, 0.25) is 0 Å². The van der Waals surface area contributed by atoms with E-state index in [2.05, 4.69) is 20.9 Å². The summed E-state index contributed by atoms with van der Waals surface area (Å²) >= 11 is 5.56. The van der Waals surface area contributed by atoms with E-state index in [4.69, 9.17) is 16.3 Å². The molecule has 10 heteroatoms. The number of nitrogens with zero attached hydrogens (tertiary/aromatic N) is 2. The van der Waals surface area contributed by atoms with Gasteiger partial charge in [-0.2, -0.15) is 23.4 Å². The number of carbonyl (C=O) groups is 1. The third kappa shape index (κ3) is 6.08. The molecular weight excluding hydrogens is 421 g/mol. The molecule has 156 valence electrons. The molecule has 2 aromatic rings. The number of rotatable bonds is 5. The van der Waals surface area contributed by atoms with E-state index < -0.39 is 22.8 Å². The van der Waals surface area contributed by atoms with E-state index >= 15 is 0 Å². The lowest BCUT2D eigenvalue weighted by molar-refractivity contribution is -0.137. The lowest BCUT2D eigenvalue weighted by Gasteiger charge is -2.12. The van der Waals surface area contributed by atoms with Gasteiger partial charge in [-0.25, -0.2) is 4.79 Å². The van der Waals surface area contributed by atoms with Gasteiger partial charge in [-0.3, -0.25) is 0 Å². The number of halogens is 4. The van der Waals surface area contributed by atoms with Gasteiger partial charge in [-0.1, -0.05) is 23.7 Å². The van der Waals surface area contributed by atoms with Crippen molar-refractivity contribution in [2.24, 2.45) is 10.2 Å². The van der Waals surface area contributed by atoms with Crippen LogP contribution in [0, 0.1) is 0 Å². The van der Waals surface area contributed by atoms with Gasteiger partial charge in [0.15, 0.2) is 0 Å². The van der Waals surface area contributed by atoms with E-state index in [0.717, 1.165) is 17.7 Å². The van der Waals surface area contributed by atoms with Crippen LogP contribution in [0.2, 0.25) is 5.02 Å². The Bertz CT molecular complexity index is 1000. The van der Waals surface area contributed by atoms with Crippen LogP contribution in [0.25, 0.3) is 0 Å². The van der Waals surface area contributed by atoms with Crippen molar-refractivity contribution in [3.63, 3.8) is 0 Å². The summed E-state index contributed by atoms with van der Waals surface area (Å²) in [6.07, 6.45) is 0.422. The second-order valence-corrected chi connectivity index (χ2v) is 6.54. The van der Waals surface area contributed by atoms with Crippen LogP contribution in [0.3, 0.4) is 0 Å². The van der Waals surface area contributed by atoms with E-state index in [0.29, 0.717) is 18.0 Å². The summed E-state index contributed by atoms with van der Waals surface area (Å²) in [4.78, 5) is 12.0. The van der Waals surface area contributed by atoms with E-state index in [1.807, 2.05) is 0 Å². The Labute approximate surface area is 175 Å². The molecule has 0 saturated heterocycles. The van der Waals surface area contributed by atoms with Crippen LogP contribution in [-0.2, 0) is 17.5 Å². The number of ether oxygens (including phenoxy) is 1. The summed E-state index contributed by atoms with van der Waals surface area (Å²) in [5, 5.41) is 12.7. The topological polar surface area (TPSA) is 75.1 Å². The van der Waals surface area contributed by atoms with E-state index in [9.17, 15) is 18.0 Å². The van der Waals surface area contributed by atoms with Crippen LogP contribution in [0.5, 0.6) is 0 Å². The molecule has 0 aliphatic carbocycles. The van der Waals surface area contributed by atoms with Crippen LogP contribution in [0.1, 0.15) is 11.1 Å². The number of hydrogen-bond acceptors (Lipinski definition) is 4. The highest BCUT2D eigenvalue weighted by atomic mass is 35.5. The third-order valence-electron chi connectivity index (χ3n) is 3.92. The zero-order valence-corrected chi connectivity index (χ0v) is 16.2. The number of azo groups is 1. The first-order valence-electron chi connectivity index (χ1n) is 8.72. The average Bonchev–Trinajstić information content (AvgIpc) is 2.73. The molecular formula is C20H16ClF3N4O2. The molecule has 1 aliphatic heterocycles. The number of urea groups is 1. The van der Waals surface area contributed by atoms with Crippen LogP contribution in [-0.4, -0.2) is 12.6 Å². The Morgan fingerprint density at radius 2 is 1.90 bits per heavy atom. The van der Waals surface area contributed by atoms with Crippen molar-refractivity contribution in [1.82, 2.24) is 5.32 Å². The van der Waals surface area contributed by atoms with Gasteiger partial charge in [0.05, 0.1) is 28.2 Å². The summed E-state index contributed by atoms with van der Waals surface area (Å²) in [5.74, 6) is 0. The van der Waals surface area contributed by atoms with Crippen molar-refractivity contribution >= 4 is 29.0 Å². The second-order valence-electron chi connectivity index (χ2n) is 6.13. The van der Waals surface area contributed by atoms with Crippen molar-refractivity contribution in [3.8, 4) is 0 Å². The molecule has 0 aromatic heterocycles. The molecule has 1 heterocycles. The first kappa shape index (κ1) is 21.4. The molecule has 3 rings (SSSR count). The molecule has 0 radical (unpaired) electrons. The number of carbonyl (C=O) groups excluding carboxylic acids is 1. The number of anilines is 1. The van der Waals surface area contributed by atoms with E-state index in [-0.39, 0.29) is 12.2 Å². The summed E-state index contributed by atoms with van der Waals surface area (Å²) < 4.78 is 43.7. The molecule has 1 aliphatic rings. The van der Waals surface area contributed by atoms with Gasteiger partial charge in [0.1, 0.15) is 6.61 Å². The van der Waals surface area contributed by atoms with Gasteiger partial charge in [-0.05, 0) is 48.0 Å². The van der Waals surface area contributed by atoms with Crippen LogP contribution in [0.4, 0.5) is 29.3 Å². The van der Waals surface area contributed by atoms with Crippen molar-refractivity contribution in [3.05, 3.63) is 82.7 Å². The molecule has 0 spiro atoms. The fourth-order valence-electron chi connectivity index (χ4n) is 2.42. The number of alkyl halides is 3. The van der Waals surface area contributed by atoms with Crippen LogP contribution < -0.4 is 10.6 Å². The molecule has 0 fully saturated rings. The van der Waals surface area contributed by atoms with E-state index in [1.165, 1.54) is 6.07 Å². The number of hydrogen-bond donors (Lipinski definition) is 2. The smallest absolute Gasteiger partial charge is 0.417 e. The minimum absolute atomic E-state index is 0.0172. The third-order valence-corrected chi connectivity index (χ3v) is 4.25. The zero-order valence-electron chi connectivity index (χ0n) is 15.4. The maximum Gasteiger partial charge on any atom is 0.417 e. The molecule has 2 aromatic carbocycles. The number of benzene rings is 2. The summed E-state index contributed by atoms with van der Waals surface area (Å²) in [7, 11) is 0. The molecule has 0 saturated carbocycles. The fraction of sp³-hybridized carbons (Fsp3) is 0.150. The number of amides is 2. The maximum atomic E-state index is 12.9. The highest BCUT2D eigenvalue weighted by Gasteiger charge is 2.33. The predicted octanol–water partition coefficient (Wildman–Crippen LogP) is 6.19. The van der Waals surface area contributed by atoms with Crippen molar-refractivity contribution < 1.29 is 22.7 Å². The first-order valence-corrected chi connectivity index (χ1v) is 9.10. The molecule has 0 atom stereocenters. The Kier molecular flexibility index (Phi) is 6.73. The quantitative estimate of drug-likeness (QED) is 0.548. The molecule has 6 nitrogen and oxygen atoms in total. The van der Waals surface area contributed by atoms with Crippen molar-refractivity contribution in [2.75, 3.05) is 11.9 Å². The van der Waals surface area contributed by atoms with Gasteiger partial charge < -0.3 is 15.4 Å². The predicted molar refractivity (Wildman–Crippen MR) is 106 cm³/mol. The molecule has 0 bridgehead atoms. The summed E-state index contributed by atoms with van der Waals surface area (Å²) in [6.45, 7) is 0.624. The number of allylic oxidation sites excluding steroid dienone is 1. The van der Waals surface area contributed by atoms with Crippen molar-refractivity contribution in [1.29, 1.82) is 0 Å². The standard InChI is InChI=1S/C20H16ClF3N4O2/c21-18-6-5-16(11-17(18)20(22,23)24)26-19(29)25-12-13-1-3-14(4-2-13)27-28-15-7-9-30-10-8-15/h1-9,11H,10,12H2,(H2,25,26,29). The molecule has 2 N–H and O–H groups in total. The second kappa shape index (κ2) is 9.45. The summed E-state index contributed by atoms with van der Waals surface area (Å²) in [6, 6.07) is 9.49. The molecule has 2 amide bonds. The highest BCUT2D eigenvalue weighted by molar-refractivity contribution is 6.31. The fourth-order valence-corrected chi connectivity index (χ4v) is 2.65. The Morgan fingerprint density at radius 3 is 2.57 bits per heavy atom. The first-order chi connectivity index (χ1) is 14.3. The highest BCUT2D eigenvalue weighted by Crippen LogP contribution is 2.36. The normalized spacial score (nSPS) is 13.7. The minimum Gasteiger partial charge on any atom is -0.497 e. The lowest BCUT2D eigenvalue weighted by Crippen LogP contribution is -2.28. The monoisotopic (exact) mass is 436 g/mol.